The molecule has 10 heteroatoms. The van der Waals surface area contributed by atoms with E-state index in [1.165, 1.54) is 180 Å². The second-order valence-corrected chi connectivity index (χ2v) is 24.1. The van der Waals surface area contributed by atoms with Gasteiger partial charge in [0.15, 0.2) is 0 Å². The van der Waals surface area contributed by atoms with Crippen LogP contribution in [0.4, 0.5) is 0 Å². The normalized spacial score (nSPS) is 14.1. The molecule has 438 valence electrons. The molecule has 1 amide bonds. The third-order valence-corrected chi connectivity index (χ3v) is 14.9. The summed E-state index contributed by atoms with van der Waals surface area (Å²) in [7, 11) is 1.48. The molecule has 0 bridgehead atoms. The maximum absolute atomic E-state index is 13.5. The number of rotatable bonds is 57. The molecule has 0 radical (unpaired) electrons. The molecule has 0 spiro atoms. The van der Waals surface area contributed by atoms with Crippen LogP contribution < -0.4 is 5.32 Å². The summed E-state index contributed by atoms with van der Waals surface area (Å²) in [6.45, 7) is 6.98. The molecule has 0 aliphatic carbocycles. The zero-order chi connectivity index (χ0) is 55.0. The Labute approximate surface area is 464 Å². The first-order valence-electron chi connectivity index (χ1n) is 31.6. The summed E-state index contributed by atoms with van der Waals surface area (Å²) in [5.41, 5.74) is 0. The molecular weight excluding hydrogens is 952 g/mol. The average Bonchev–Trinajstić information content (AvgIpc) is 3.37. The van der Waals surface area contributed by atoms with Crippen LogP contribution >= 0.6 is 7.82 Å². The lowest BCUT2D eigenvalue weighted by Gasteiger charge is -2.27. The number of quaternary nitrogens is 1. The molecule has 3 atom stereocenters. The minimum Gasteiger partial charge on any atom is -0.456 e. The number of amides is 1. The Kier molecular flexibility index (Phi) is 53.4. The Hall–Kier alpha value is -2.29. The van der Waals surface area contributed by atoms with Crippen molar-refractivity contribution in [3.63, 3.8) is 0 Å². The quantitative estimate of drug-likeness (QED) is 0.0156. The van der Waals surface area contributed by atoms with E-state index in [0.29, 0.717) is 23.9 Å². The second-order valence-electron chi connectivity index (χ2n) is 22.6. The lowest BCUT2D eigenvalue weighted by atomic mass is 10.0. The van der Waals surface area contributed by atoms with E-state index in [1.54, 1.807) is 0 Å². The van der Waals surface area contributed by atoms with E-state index in [9.17, 15) is 19.0 Å². The predicted molar refractivity (Wildman–Crippen MR) is 323 cm³/mol. The van der Waals surface area contributed by atoms with Crippen molar-refractivity contribution < 1.29 is 37.3 Å². The van der Waals surface area contributed by atoms with Crippen LogP contribution in [0.5, 0.6) is 0 Å². The van der Waals surface area contributed by atoms with Gasteiger partial charge in [-0.2, -0.15) is 0 Å². The van der Waals surface area contributed by atoms with Crippen molar-refractivity contribution in [3.8, 4) is 0 Å². The Morgan fingerprint density at radius 1 is 0.480 bits per heavy atom. The van der Waals surface area contributed by atoms with Crippen LogP contribution in [0.25, 0.3) is 0 Å². The smallest absolute Gasteiger partial charge is 0.456 e. The third kappa shape index (κ3) is 56.2. The van der Waals surface area contributed by atoms with E-state index < -0.39 is 20.0 Å². The molecule has 0 heterocycles. The fourth-order valence-electron chi connectivity index (χ4n) is 9.02. The molecule has 0 aliphatic rings. The summed E-state index contributed by atoms with van der Waals surface area (Å²) in [5, 5.41) is 3.04. The highest BCUT2D eigenvalue weighted by Crippen LogP contribution is 2.43. The number of ether oxygens (including phenoxy) is 1. The summed E-state index contributed by atoms with van der Waals surface area (Å²) in [6.07, 6.45) is 69.3. The van der Waals surface area contributed by atoms with Crippen LogP contribution in [0.3, 0.4) is 0 Å². The molecule has 0 rings (SSSR count). The van der Waals surface area contributed by atoms with Gasteiger partial charge in [-0.1, -0.05) is 249 Å². The molecule has 75 heavy (non-hydrogen) atoms. The van der Waals surface area contributed by atoms with E-state index in [0.717, 1.165) is 70.6 Å². The number of allylic oxidation sites excluding steroid dienone is 9. The lowest BCUT2D eigenvalue weighted by molar-refractivity contribution is -0.870. The average molecular weight is 1070 g/mol. The standard InChI is InChI=1S/C65H121N2O7P/c1-7-10-13-16-19-22-25-28-30-32-33-34-35-36-38-40-43-46-49-52-55-58-65(69)74-63(56-53-50-47-44-41-27-24-21-18-15-12-9-3)62(61-73-75(70,71)72-60-59-67(4,5)6)66-64(68)57-54-51-48-45-42-39-37-31-29-26-23-20-17-14-11-8-2/h19,22,28,30-31,37,39,42,53,56,62-63H,7-18,20-21,23-27,29,32-36,38,40-41,43-52,54-55,57-61H2,1-6H3,(H-,66,68,70,71)/p+1/b22-19-,30-28-,37-31+,42-39+,56-53+. The van der Waals surface area contributed by atoms with Gasteiger partial charge >= 0.3 is 13.8 Å². The van der Waals surface area contributed by atoms with Gasteiger partial charge in [0.25, 0.3) is 0 Å². The van der Waals surface area contributed by atoms with Crippen molar-refractivity contribution in [2.24, 2.45) is 0 Å². The van der Waals surface area contributed by atoms with Crippen LogP contribution in [0, 0.1) is 0 Å². The zero-order valence-corrected chi connectivity index (χ0v) is 50.9. The van der Waals surface area contributed by atoms with Gasteiger partial charge in [-0.15, -0.1) is 0 Å². The van der Waals surface area contributed by atoms with Gasteiger partial charge < -0.3 is 19.4 Å². The predicted octanol–water partition coefficient (Wildman–Crippen LogP) is 19.4. The number of esters is 1. The minimum absolute atomic E-state index is 0.0342. The van der Waals surface area contributed by atoms with Crippen molar-refractivity contribution in [3.05, 3.63) is 60.8 Å². The number of nitrogens with zero attached hydrogens (tertiary/aromatic N) is 1. The van der Waals surface area contributed by atoms with Gasteiger partial charge in [0, 0.05) is 12.8 Å². The second kappa shape index (κ2) is 55.0. The monoisotopic (exact) mass is 1070 g/mol. The SMILES string of the molecule is CCCCC/C=C\C/C=C\CCCCCCCCCCCCCC(=O)OC(/C=C/CCCCCCCCCCCC)C(COP(=O)(O)OCC[N+](C)(C)C)NC(=O)CCCCC/C=C/C=C/CCCCCCCCC. The third-order valence-electron chi connectivity index (χ3n) is 14.0. The Balaban J connectivity index is 5.25. The topological polar surface area (TPSA) is 111 Å². The number of likely N-dealkylation sites (N-methyl/N-ethyl adjacent to an activating group) is 1. The molecule has 0 saturated heterocycles. The first kappa shape index (κ1) is 72.7. The fourth-order valence-corrected chi connectivity index (χ4v) is 9.76. The summed E-state index contributed by atoms with van der Waals surface area (Å²) in [5.74, 6) is -0.532. The molecule has 2 N–H and O–H groups in total. The van der Waals surface area contributed by atoms with Crippen molar-refractivity contribution in [1.29, 1.82) is 0 Å². The van der Waals surface area contributed by atoms with Crippen LogP contribution in [-0.2, 0) is 27.9 Å². The lowest BCUT2D eigenvalue weighted by Crippen LogP contribution is -2.47. The molecular formula is C65H122N2O7P+. The molecule has 0 aromatic heterocycles. The molecule has 0 aliphatic heterocycles. The Morgan fingerprint density at radius 2 is 0.853 bits per heavy atom. The molecule has 0 saturated carbocycles. The maximum Gasteiger partial charge on any atom is 0.472 e. The van der Waals surface area contributed by atoms with Crippen molar-refractivity contribution >= 4 is 19.7 Å². The van der Waals surface area contributed by atoms with Crippen LogP contribution in [0.15, 0.2) is 60.8 Å². The highest BCUT2D eigenvalue weighted by atomic mass is 31.2. The van der Waals surface area contributed by atoms with Gasteiger partial charge in [0.1, 0.15) is 19.3 Å². The van der Waals surface area contributed by atoms with E-state index in [2.05, 4.69) is 74.7 Å². The number of unbranched alkanes of at least 4 members (excludes halogenated alkanes) is 34. The maximum atomic E-state index is 13.5. The first-order valence-corrected chi connectivity index (χ1v) is 33.1. The van der Waals surface area contributed by atoms with E-state index in [-0.39, 0.29) is 31.5 Å². The zero-order valence-electron chi connectivity index (χ0n) is 50.0. The number of nitrogens with one attached hydrogen (secondary N) is 1. The van der Waals surface area contributed by atoms with Gasteiger partial charge in [0.2, 0.25) is 5.91 Å². The number of phosphoric ester groups is 1. The highest BCUT2D eigenvalue weighted by molar-refractivity contribution is 7.47. The van der Waals surface area contributed by atoms with Gasteiger partial charge in [0.05, 0.1) is 33.8 Å². The number of phosphoric acid groups is 1. The number of hydrogen-bond acceptors (Lipinski definition) is 6. The number of carbonyl (C=O) groups is 2. The minimum atomic E-state index is -4.46. The highest BCUT2D eigenvalue weighted by Gasteiger charge is 2.30. The van der Waals surface area contributed by atoms with Crippen molar-refractivity contribution in [2.45, 2.75) is 303 Å². The summed E-state index contributed by atoms with van der Waals surface area (Å²) < 4.78 is 30.7. The summed E-state index contributed by atoms with van der Waals surface area (Å²) in [4.78, 5) is 37.7. The van der Waals surface area contributed by atoms with Crippen molar-refractivity contribution in [1.82, 2.24) is 5.32 Å². The van der Waals surface area contributed by atoms with Gasteiger partial charge in [-0.25, -0.2) is 4.57 Å². The molecule has 0 fully saturated rings. The molecule has 0 aromatic rings. The Morgan fingerprint density at radius 3 is 1.32 bits per heavy atom. The first-order chi connectivity index (χ1) is 36.4. The van der Waals surface area contributed by atoms with Crippen LogP contribution in [0.2, 0.25) is 0 Å². The van der Waals surface area contributed by atoms with E-state index in [4.69, 9.17) is 13.8 Å². The van der Waals surface area contributed by atoms with E-state index >= 15 is 0 Å². The van der Waals surface area contributed by atoms with Crippen LogP contribution in [0.1, 0.15) is 290 Å². The van der Waals surface area contributed by atoms with E-state index in [1.807, 2.05) is 33.3 Å². The van der Waals surface area contributed by atoms with Crippen molar-refractivity contribution in [2.75, 3.05) is 40.9 Å². The summed E-state index contributed by atoms with van der Waals surface area (Å²) >= 11 is 0. The molecule has 0 aromatic carbocycles. The number of carbonyl (C=O) groups excluding carboxylic acids is 2. The number of hydrogen-bond donors (Lipinski definition) is 2. The largest absolute Gasteiger partial charge is 0.472 e. The molecule has 9 nitrogen and oxygen atoms in total. The molecule has 3 unspecified atom stereocenters. The summed E-state index contributed by atoms with van der Waals surface area (Å²) in [6, 6.07) is -0.863. The van der Waals surface area contributed by atoms with Gasteiger partial charge in [-0.05, 0) is 89.5 Å². The van der Waals surface area contributed by atoms with Crippen LogP contribution in [-0.4, -0.2) is 74.3 Å². The fraction of sp³-hybridized carbons (Fsp3) is 0.815. The Bertz CT molecular complexity index is 1470. The van der Waals surface area contributed by atoms with Gasteiger partial charge in [-0.3, -0.25) is 18.6 Å².